The van der Waals surface area contributed by atoms with Crippen LogP contribution in [0.3, 0.4) is 0 Å². The van der Waals surface area contributed by atoms with Gasteiger partial charge >= 0.3 is 7.48 Å². The lowest BCUT2D eigenvalue weighted by Crippen LogP contribution is -2.40. The predicted octanol–water partition coefficient (Wildman–Crippen LogP) is -0.422. The number of rotatable bonds is 3. The third-order valence-electron chi connectivity index (χ3n) is 3.25. The van der Waals surface area contributed by atoms with Crippen molar-refractivity contribution in [1.82, 2.24) is 0 Å². The minimum atomic E-state index is -0.782. The van der Waals surface area contributed by atoms with E-state index in [0.29, 0.717) is 11.3 Å². The van der Waals surface area contributed by atoms with E-state index in [1.165, 1.54) is 0 Å². The molecule has 7 heteroatoms. The van der Waals surface area contributed by atoms with Gasteiger partial charge in [0.1, 0.15) is 18.0 Å². The minimum absolute atomic E-state index is 0.117. The number of ether oxygens (including phenoxy) is 1. The molecule has 0 saturated heterocycles. The fourth-order valence-electron chi connectivity index (χ4n) is 1.99. The molecule has 2 rings (SSSR count). The van der Waals surface area contributed by atoms with Crippen LogP contribution in [0.4, 0.5) is 0 Å². The summed E-state index contributed by atoms with van der Waals surface area (Å²) < 4.78 is 12.2. The van der Waals surface area contributed by atoms with Gasteiger partial charge in [0.05, 0.1) is 12.7 Å². The first kappa shape index (κ1) is 14.8. The molecule has 1 unspecified atom stereocenters. The van der Waals surface area contributed by atoms with E-state index in [-0.39, 0.29) is 27.2 Å². The van der Waals surface area contributed by atoms with Crippen LogP contribution in [0.15, 0.2) is 16.6 Å². The van der Waals surface area contributed by atoms with Crippen molar-refractivity contribution in [3.8, 4) is 5.75 Å². The molecule has 1 aliphatic rings. The summed E-state index contributed by atoms with van der Waals surface area (Å²) in [4.78, 5) is 0. The summed E-state index contributed by atoms with van der Waals surface area (Å²) in [6.07, 6.45) is -0.782. The molecule has 0 amide bonds. The number of nitrogens with two attached hydrogens (primary N) is 1. The summed E-state index contributed by atoms with van der Waals surface area (Å²) in [5, 5.41) is 19.4. The molecule has 5 nitrogen and oxygen atoms in total. The number of hydrogen-bond acceptors (Lipinski definition) is 5. The fraction of sp³-hybridized carbons (Fsp3) is 0.500. The summed E-state index contributed by atoms with van der Waals surface area (Å²) in [6.45, 7) is 2.03. The molecule has 0 bridgehead atoms. The second-order valence-electron chi connectivity index (χ2n) is 4.87. The summed E-state index contributed by atoms with van der Waals surface area (Å²) >= 11 is 3.41. The maximum atomic E-state index is 10.0. The van der Waals surface area contributed by atoms with E-state index in [1.54, 1.807) is 6.92 Å². The standard InChI is InChI=1S/C12H17BBrNO4/c1-12(5-16)6-18-9-3-2-7(14)10(8(17)4-15)11(9)13-19-12/h2-3,8,13,16-17H,4-6,15H2,1H3/t8?,12-/m0/s1. The fourth-order valence-corrected chi connectivity index (χ4v) is 2.62. The molecule has 0 radical (unpaired) electrons. The first-order chi connectivity index (χ1) is 9.00. The third kappa shape index (κ3) is 2.95. The van der Waals surface area contributed by atoms with Gasteiger partial charge in [-0.15, -0.1) is 0 Å². The summed E-state index contributed by atoms with van der Waals surface area (Å²) in [5.41, 5.74) is 6.24. The van der Waals surface area contributed by atoms with E-state index in [0.717, 1.165) is 9.94 Å². The van der Waals surface area contributed by atoms with Gasteiger partial charge in [0.25, 0.3) is 0 Å². The smallest absolute Gasteiger partial charge is 0.313 e. The Morgan fingerprint density at radius 1 is 1.58 bits per heavy atom. The van der Waals surface area contributed by atoms with E-state index in [9.17, 15) is 10.2 Å². The van der Waals surface area contributed by atoms with Gasteiger partial charge in [-0.05, 0) is 30.1 Å². The van der Waals surface area contributed by atoms with Gasteiger partial charge < -0.3 is 25.3 Å². The van der Waals surface area contributed by atoms with Gasteiger partial charge in [0.2, 0.25) is 0 Å². The first-order valence-corrected chi connectivity index (χ1v) is 6.87. The Kier molecular flexibility index (Phi) is 4.52. The Hall–Kier alpha value is -0.595. The highest BCUT2D eigenvalue weighted by Crippen LogP contribution is 2.28. The Labute approximate surface area is 121 Å². The van der Waals surface area contributed by atoms with E-state index in [4.69, 9.17) is 15.1 Å². The lowest BCUT2D eigenvalue weighted by molar-refractivity contribution is -0.00426. The molecule has 4 N–H and O–H groups in total. The molecule has 19 heavy (non-hydrogen) atoms. The predicted molar refractivity (Wildman–Crippen MR) is 77.0 cm³/mol. The van der Waals surface area contributed by atoms with Crippen molar-refractivity contribution in [2.75, 3.05) is 19.8 Å². The molecule has 1 aromatic rings. The van der Waals surface area contributed by atoms with Crippen molar-refractivity contribution in [3.63, 3.8) is 0 Å². The van der Waals surface area contributed by atoms with Crippen LogP contribution < -0.4 is 15.9 Å². The van der Waals surface area contributed by atoms with Crippen LogP contribution in [-0.4, -0.2) is 43.1 Å². The third-order valence-corrected chi connectivity index (χ3v) is 3.94. The number of hydrogen-bond donors (Lipinski definition) is 3. The average molecular weight is 330 g/mol. The zero-order valence-electron chi connectivity index (χ0n) is 10.7. The molecule has 104 valence electrons. The topological polar surface area (TPSA) is 84.9 Å². The number of halogens is 1. The van der Waals surface area contributed by atoms with Crippen LogP contribution in [0.5, 0.6) is 5.75 Å². The zero-order chi connectivity index (χ0) is 14.0. The van der Waals surface area contributed by atoms with Crippen LogP contribution in [0.25, 0.3) is 0 Å². The van der Waals surface area contributed by atoms with Crippen LogP contribution in [0, 0.1) is 0 Å². The highest BCUT2D eigenvalue weighted by molar-refractivity contribution is 9.10. The second-order valence-corrected chi connectivity index (χ2v) is 5.73. The van der Waals surface area contributed by atoms with E-state index in [2.05, 4.69) is 15.9 Å². The molecule has 1 aliphatic heterocycles. The van der Waals surface area contributed by atoms with Crippen molar-refractivity contribution < 1.29 is 19.6 Å². The van der Waals surface area contributed by atoms with Gasteiger partial charge in [0.15, 0.2) is 0 Å². The monoisotopic (exact) mass is 329 g/mol. The minimum Gasteiger partial charge on any atom is -0.491 e. The summed E-state index contributed by atoms with van der Waals surface area (Å²) in [5.74, 6) is 0.655. The van der Waals surface area contributed by atoms with Crippen LogP contribution in [0.1, 0.15) is 18.6 Å². The highest BCUT2D eigenvalue weighted by Gasteiger charge is 2.31. The molecular formula is C12H17BBrNO4. The van der Waals surface area contributed by atoms with E-state index < -0.39 is 11.7 Å². The summed E-state index contributed by atoms with van der Waals surface area (Å²) in [6, 6.07) is 3.63. The van der Waals surface area contributed by atoms with Gasteiger partial charge in [-0.3, -0.25) is 0 Å². The van der Waals surface area contributed by atoms with Crippen LogP contribution >= 0.6 is 15.9 Å². The first-order valence-electron chi connectivity index (χ1n) is 6.08. The lowest BCUT2D eigenvalue weighted by atomic mass is 9.80. The molecule has 0 spiro atoms. The number of benzene rings is 1. The average Bonchev–Trinajstić information content (AvgIpc) is 2.59. The van der Waals surface area contributed by atoms with Gasteiger partial charge in [-0.25, -0.2) is 0 Å². The van der Waals surface area contributed by atoms with Gasteiger partial charge in [0, 0.05) is 11.0 Å². The second kappa shape index (κ2) is 5.81. The lowest BCUT2D eigenvalue weighted by Gasteiger charge is -2.25. The zero-order valence-corrected chi connectivity index (χ0v) is 12.3. The van der Waals surface area contributed by atoms with E-state index >= 15 is 0 Å². The summed E-state index contributed by atoms with van der Waals surface area (Å²) in [7, 11) is 0.262. The Balaban J connectivity index is 2.41. The normalized spacial score (nSPS) is 23.8. The number of aliphatic hydroxyl groups is 2. The number of fused-ring (bicyclic) bond motifs is 1. The Morgan fingerprint density at radius 3 is 2.95 bits per heavy atom. The van der Waals surface area contributed by atoms with Crippen molar-refractivity contribution in [2.45, 2.75) is 18.6 Å². The van der Waals surface area contributed by atoms with Crippen molar-refractivity contribution in [2.24, 2.45) is 5.73 Å². The SMILES string of the molecule is C[C@]1(CO)COc2ccc(Br)c(C(O)CN)c2BO1. The molecule has 2 atom stereocenters. The molecule has 0 aromatic heterocycles. The number of aliphatic hydroxyl groups excluding tert-OH is 2. The highest BCUT2D eigenvalue weighted by atomic mass is 79.9. The van der Waals surface area contributed by atoms with Gasteiger partial charge in [-0.2, -0.15) is 0 Å². The molecule has 0 fully saturated rings. The van der Waals surface area contributed by atoms with Crippen molar-refractivity contribution in [3.05, 3.63) is 22.2 Å². The maximum Gasteiger partial charge on any atom is 0.313 e. The molecular weight excluding hydrogens is 313 g/mol. The molecule has 1 heterocycles. The Morgan fingerprint density at radius 2 is 2.32 bits per heavy atom. The van der Waals surface area contributed by atoms with Crippen LogP contribution in [0.2, 0.25) is 0 Å². The molecule has 0 aliphatic carbocycles. The van der Waals surface area contributed by atoms with Crippen molar-refractivity contribution in [1.29, 1.82) is 0 Å². The quantitative estimate of drug-likeness (QED) is 0.656. The Bertz CT molecular complexity index is 473. The van der Waals surface area contributed by atoms with Crippen LogP contribution in [-0.2, 0) is 4.65 Å². The van der Waals surface area contributed by atoms with Crippen molar-refractivity contribution >= 4 is 28.9 Å². The van der Waals surface area contributed by atoms with Gasteiger partial charge in [-0.1, -0.05) is 15.9 Å². The van der Waals surface area contributed by atoms with E-state index in [1.807, 2.05) is 12.1 Å². The maximum absolute atomic E-state index is 10.0. The molecule has 0 saturated carbocycles. The molecule has 1 aromatic carbocycles. The largest absolute Gasteiger partial charge is 0.491 e.